The lowest BCUT2D eigenvalue weighted by Crippen LogP contribution is -2.39. The molecule has 0 unspecified atom stereocenters. The van der Waals surface area contributed by atoms with Crippen molar-refractivity contribution >= 4 is 16.3 Å². The summed E-state index contributed by atoms with van der Waals surface area (Å²) < 4.78 is 1.97. The van der Waals surface area contributed by atoms with Gasteiger partial charge in [0.25, 0.3) is 0 Å². The van der Waals surface area contributed by atoms with Gasteiger partial charge in [-0.15, -0.1) is 10.2 Å². The molecule has 21 heavy (non-hydrogen) atoms. The predicted octanol–water partition coefficient (Wildman–Crippen LogP) is 2.90. The second kappa shape index (κ2) is 5.32. The van der Waals surface area contributed by atoms with E-state index in [1.165, 1.54) is 30.7 Å². The van der Waals surface area contributed by atoms with Crippen molar-refractivity contribution in [3.8, 4) is 0 Å². The van der Waals surface area contributed by atoms with Crippen LogP contribution < -0.4 is 5.32 Å². The smallest absolute Gasteiger partial charge is 0.234 e. The first-order valence-corrected chi connectivity index (χ1v) is 8.72. The van der Waals surface area contributed by atoms with Crippen molar-refractivity contribution in [1.82, 2.24) is 25.1 Å². The molecule has 116 valence electrons. The Hall–Kier alpha value is -1.01. The number of rotatable bonds is 3. The molecule has 1 aliphatic heterocycles. The molecule has 2 aromatic rings. The zero-order valence-electron chi connectivity index (χ0n) is 13.4. The van der Waals surface area contributed by atoms with E-state index in [9.17, 15) is 0 Å². The van der Waals surface area contributed by atoms with Crippen LogP contribution in [0.3, 0.4) is 0 Å². The Morgan fingerprint density at radius 3 is 2.57 bits per heavy atom. The fraction of sp³-hybridized carbons (Fsp3) is 0.800. The van der Waals surface area contributed by atoms with Crippen molar-refractivity contribution in [2.75, 3.05) is 13.1 Å². The number of nitrogens with one attached hydrogen (secondary N) is 1. The van der Waals surface area contributed by atoms with Crippen LogP contribution in [-0.2, 0) is 10.8 Å². The number of fused-ring (bicyclic) bond motifs is 1. The van der Waals surface area contributed by atoms with Crippen LogP contribution in [-0.4, -0.2) is 32.9 Å². The number of nitrogens with zero attached hydrogens (tertiary/aromatic N) is 4. The second-order valence-corrected chi connectivity index (χ2v) is 8.11. The Balaban J connectivity index is 2.05. The average Bonchev–Trinajstić information content (AvgIpc) is 2.98. The molecule has 2 aromatic heterocycles. The van der Waals surface area contributed by atoms with E-state index in [1.807, 2.05) is 4.52 Å². The normalized spacial score (nSPS) is 19.2. The lowest BCUT2D eigenvalue weighted by Gasteiger charge is -2.35. The van der Waals surface area contributed by atoms with Gasteiger partial charge in [-0.3, -0.25) is 0 Å². The molecule has 3 heterocycles. The first kappa shape index (κ1) is 14.9. The number of hydrogen-bond donors (Lipinski definition) is 1. The second-order valence-electron chi connectivity index (χ2n) is 7.16. The van der Waals surface area contributed by atoms with Crippen molar-refractivity contribution in [3.63, 3.8) is 0 Å². The molecule has 5 nitrogen and oxygen atoms in total. The Morgan fingerprint density at radius 1 is 1.24 bits per heavy atom. The van der Waals surface area contributed by atoms with E-state index in [-0.39, 0.29) is 10.8 Å². The van der Waals surface area contributed by atoms with Gasteiger partial charge in [-0.05, 0) is 32.4 Å². The molecular weight excluding hydrogens is 282 g/mol. The molecule has 1 N–H and O–H groups in total. The van der Waals surface area contributed by atoms with Gasteiger partial charge in [0.15, 0.2) is 5.82 Å². The van der Waals surface area contributed by atoms with Crippen molar-refractivity contribution in [2.24, 2.45) is 0 Å². The quantitative estimate of drug-likeness (QED) is 0.947. The molecule has 1 aliphatic rings. The SMILES string of the molecule is CCCC1(c2nn3c(C(C)(C)C)nnc3s2)CCNCC1. The molecule has 0 radical (unpaired) electrons. The largest absolute Gasteiger partial charge is 0.317 e. The Labute approximate surface area is 130 Å². The van der Waals surface area contributed by atoms with Crippen LogP contribution in [0.4, 0.5) is 0 Å². The molecule has 0 amide bonds. The zero-order valence-corrected chi connectivity index (χ0v) is 14.3. The third-order valence-electron chi connectivity index (χ3n) is 4.40. The maximum absolute atomic E-state index is 4.94. The minimum atomic E-state index is -0.0310. The molecule has 6 heteroatoms. The van der Waals surface area contributed by atoms with Gasteiger partial charge in [-0.2, -0.15) is 9.61 Å². The molecule has 0 saturated carbocycles. The summed E-state index contributed by atoms with van der Waals surface area (Å²) >= 11 is 1.73. The van der Waals surface area contributed by atoms with Gasteiger partial charge < -0.3 is 5.32 Å². The molecule has 0 spiro atoms. The first-order valence-electron chi connectivity index (χ1n) is 7.90. The van der Waals surface area contributed by atoms with Crippen molar-refractivity contribution in [2.45, 2.75) is 64.2 Å². The van der Waals surface area contributed by atoms with Gasteiger partial charge in [-0.1, -0.05) is 45.5 Å². The Kier molecular flexibility index (Phi) is 3.78. The number of hydrogen-bond acceptors (Lipinski definition) is 5. The van der Waals surface area contributed by atoms with E-state index < -0.39 is 0 Å². The lowest BCUT2D eigenvalue weighted by atomic mass is 9.76. The lowest BCUT2D eigenvalue weighted by molar-refractivity contribution is 0.282. The Bertz CT molecular complexity index is 610. The van der Waals surface area contributed by atoms with Crippen molar-refractivity contribution in [3.05, 3.63) is 10.8 Å². The van der Waals surface area contributed by atoms with E-state index in [1.54, 1.807) is 11.3 Å². The molecule has 0 atom stereocenters. The summed E-state index contributed by atoms with van der Waals surface area (Å²) in [6.07, 6.45) is 4.77. The van der Waals surface area contributed by atoms with Gasteiger partial charge in [-0.25, -0.2) is 0 Å². The van der Waals surface area contributed by atoms with Gasteiger partial charge >= 0.3 is 0 Å². The molecule has 0 aliphatic carbocycles. The van der Waals surface area contributed by atoms with Crippen LogP contribution in [0.2, 0.25) is 0 Å². The highest BCUT2D eigenvalue weighted by Gasteiger charge is 2.37. The minimum Gasteiger partial charge on any atom is -0.317 e. The topological polar surface area (TPSA) is 55.1 Å². The maximum Gasteiger partial charge on any atom is 0.234 e. The third-order valence-corrected chi connectivity index (χ3v) is 5.55. The summed E-state index contributed by atoms with van der Waals surface area (Å²) in [5, 5.41) is 18.3. The molecule has 3 rings (SSSR count). The van der Waals surface area contributed by atoms with Crippen LogP contribution in [0.25, 0.3) is 4.96 Å². The summed E-state index contributed by atoms with van der Waals surface area (Å²) in [5.74, 6) is 0.959. The molecule has 0 bridgehead atoms. The predicted molar refractivity (Wildman–Crippen MR) is 86.0 cm³/mol. The standard InChI is InChI=1S/C15H25N5S/c1-5-6-15(7-9-16-10-8-15)12-19-20-11(14(2,3)4)17-18-13(20)21-12/h16H,5-10H2,1-4H3. The summed E-state index contributed by atoms with van der Waals surface area (Å²) in [7, 11) is 0. The van der Waals surface area contributed by atoms with Crippen LogP contribution >= 0.6 is 11.3 Å². The zero-order chi connectivity index (χ0) is 15.1. The third kappa shape index (κ3) is 2.59. The molecule has 1 saturated heterocycles. The highest BCUT2D eigenvalue weighted by Crippen LogP contribution is 2.40. The number of aromatic nitrogens is 4. The van der Waals surface area contributed by atoms with E-state index in [4.69, 9.17) is 5.10 Å². The van der Waals surface area contributed by atoms with Gasteiger partial charge in [0.1, 0.15) is 5.01 Å². The van der Waals surface area contributed by atoms with Crippen molar-refractivity contribution in [1.29, 1.82) is 0 Å². The average molecular weight is 307 g/mol. The van der Waals surface area contributed by atoms with Crippen LogP contribution in [0.15, 0.2) is 0 Å². The van der Waals surface area contributed by atoms with Gasteiger partial charge in [0, 0.05) is 10.8 Å². The van der Waals surface area contributed by atoms with E-state index >= 15 is 0 Å². The summed E-state index contributed by atoms with van der Waals surface area (Å²) in [6.45, 7) is 10.9. The van der Waals surface area contributed by atoms with Crippen LogP contribution in [0, 0.1) is 0 Å². The van der Waals surface area contributed by atoms with Crippen LogP contribution in [0.1, 0.15) is 64.2 Å². The first-order chi connectivity index (χ1) is 9.96. The fourth-order valence-electron chi connectivity index (χ4n) is 3.25. The monoisotopic (exact) mass is 307 g/mol. The summed E-state index contributed by atoms with van der Waals surface area (Å²) in [5.41, 5.74) is 0.206. The van der Waals surface area contributed by atoms with Crippen LogP contribution in [0.5, 0.6) is 0 Å². The number of piperidine rings is 1. The fourth-order valence-corrected chi connectivity index (χ4v) is 4.37. The highest BCUT2D eigenvalue weighted by atomic mass is 32.1. The maximum atomic E-state index is 4.94. The van der Waals surface area contributed by atoms with E-state index in [2.05, 4.69) is 43.2 Å². The highest BCUT2D eigenvalue weighted by molar-refractivity contribution is 7.16. The minimum absolute atomic E-state index is 0.0310. The van der Waals surface area contributed by atoms with Gasteiger partial charge in [0.2, 0.25) is 4.96 Å². The molecule has 1 fully saturated rings. The molecular formula is C15H25N5S. The van der Waals surface area contributed by atoms with E-state index in [0.717, 1.165) is 23.9 Å². The Morgan fingerprint density at radius 2 is 1.95 bits per heavy atom. The summed E-state index contributed by atoms with van der Waals surface area (Å²) in [6, 6.07) is 0. The molecule has 0 aromatic carbocycles. The van der Waals surface area contributed by atoms with E-state index in [0.29, 0.717) is 0 Å². The van der Waals surface area contributed by atoms with Gasteiger partial charge in [0.05, 0.1) is 0 Å². The van der Waals surface area contributed by atoms with Crippen molar-refractivity contribution < 1.29 is 0 Å². The summed E-state index contributed by atoms with van der Waals surface area (Å²) in [4.78, 5) is 0.934.